The minimum absolute atomic E-state index is 0.0841. The highest BCUT2D eigenvalue weighted by Gasteiger charge is 2.31. The van der Waals surface area contributed by atoms with Crippen molar-refractivity contribution in [2.75, 3.05) is 38.6 Å². The van der Waals surface area contributed by atoms with Gasteiger partial charge in [-0.15, -0.1) is 0 Å². The molecule has 9 heteroatoms. The summed E-state index contributed by atoms with van der Waals surface area (Å²) in [5.74, 6) is 2.18. The minimum Gasteiger partial charge on any atom is -0.497 e. The average molecular weight is 532 g/mol. The lowest BCUT2D eigenvalue weighted by molar-refractivity contribution is 0.141. The standard InChI is InChI=1S/C29H33N5O3S/c1-4-22-12-14-25(15-13-22)38(35,36)34-18-16-33(17-19-34)21(2)28-31-27-11-6-5-10-26(27)29(32-28)30-23-8-7-9-24(20-23)37-3/h5-15,20-21H,4,16-19H2,1-3H3,(H,30,31,32)/t21-/m0/s1. The third-order valence-electron chi connectivity index (χ3n) is 7.12. The Hall–Kier alpha value is -3.53. The quantitative estimate of drug-likeness (QED) is 0.342. The third-order valence-corrected chi connectivity index (χ3v) is 9.03. The number of nitrogens with zero attached hydrogens (tertiary/aromatic N) is 4. The van der Waals surface area contributed by atoms with Crippen molar-refractivity contribution in [3.8, 4) is 5.75 Å². The zero-order chi connectivity index (χ0) is 26.7. The topological polar surface area (TPSA) is 87.7 Å². The van der Waals surface area contributed by atoms with Crippen LogP contribution in [0.2, 0.25) is 0 Å². The molecular weight excluding hydrogens is 498 g/mol. The molecule has 198 valence electrons. The molecule has 38 heavy (non-hydrogen) atoms. The maximum Gasteiger partial charge on any atom is 0.243 e. The van der Waals surface area contributed by atoms with Crippen molar-refractivity contribution in [3.05, 3.63) is 84.2 Å². The van der Waals surface area contributed by atoms with Crippen molar-refractivity contribution in [3.63, 3.8) is 0 Å². The highest BCUT2D eigenvalue weighted by Crippen LogP contribution is 2.29. The first-order valence-corrected chi connectivity index (χ1v) is 14.3. The smallest absolute Gasteiger partial charge is 0.243 e. The number of piperazine rings is 1. The van der Waals surface area contributed by atoms with Crippen molar-refractivity contribution in [1.29, 1.82) is 0 Å². The van der Waals surface area contributed by atoms with E-state index in [9.17, 15) is 8.42 Å². The molecule has 1 aliphatic rings. The van der Waals surface area contributed by atoms with Gasteiger partial charge in [0.15, 0.2) is 0 Å². The van der Waals surface area contributed by atoms with Gasteiger partial charge in [0.2, 0.25) is 10.0 Å². The highest BCUT2D eigenvalue weighted by atomic mass is 32.2. The molecule has 0 bridgehead atoms. The van der Waals surface area contributed by atoms with Crippen molar-refractivity contribution in [2.24, 2.45) is 0 Å². The van der Waals surface area contributed by atoms with Gasteiger partial charge in [0.05, 0.1) is 23.6 Å². The lowest BCUT2D eigenvalue weighted by atomic mass is 10.2. The Morgan fingerprint density at radius 2 is 1.68 bits per heavy atom. The molecule has 0 spiro atoms. The van der Waals surface area contributed by atoms with Crippen molar-refractivity contribution >= 4 is 32.4 Å². The first-order chi connectivity index (χ1) is 18.4. The maximum absolute atomic E-state index is 13.2. The number of fused-ring (bicyclic) bond motifs is 1. The second-order valence-corrected chi connectivity index (χ2v) is 11.4. The number of para-hydroxylation sites is 1. The maximum atomic E-state index is 13.2. The molecule has 0 saturated carbocycles. The van der Waals surface area contributed by atoms with Crippen LogP contribution in [0.3, 0.4) is 0 Å². The predicted octanol–water partition coefficient (Wildman–Crippen LogP) is 5.01. The Morgan fingerprint density at radius 3 is 2.39 bits per heavy atom. The van der Waals surface area contributed by atoms with Gasteiger partial charge in [-0.3, -0.25) is 4.90 Å². The number of methoxy groups -OCH3 is 1. The summed E-state index contributed by atoms with van der Waals surface area (Å²) < 4.78 is 33.4. The molecule has 0 amide bonds. The Balaban J connectivity index is 1.34. The largest absolute Gasteiger partial charge is 0.497 e. The fourth-order valence-electron chi connectivity index (χ4n) is 4.75. The van der Waals surface area contributed by atoms with Crippen LogP contribution in [-0.4, -0.2) is 60.9 Å². The van der Waals surface area contributed by atoms with Crippen LogP contribution in [0.25, 0.3) is 10.9 Å². The highest BCUT2D eigenvalue weighted by molar-refractivity contribution is 7.89. The second kappa shape index (κ2) is 11.1. The summed E-state index contributed by atoms with van der Waals surface area (Å²) in [6, 6.07) is 22.8. The fourth-order valence-corrected chi connectivity index (χ4v) is 6.18. The lowest BCUT2D eigenvalue weighted by Crippen LogP contribution is -2.49. The summed E-state index contributed by atoms with van der Waals surface area (Å²) in [7, 11) is -1.88. The van der Waals surface area contributed by atoms with Gasteiger partial charge < -0.3 is 10.1 Å². The van der Waals surface area contributed by atoms with Crippen molar-refractivity contribution in [2.45, 2.75) is 31.2 Å². The summed E-state index contributed by atoms with van der Waals surface area (Å²) in [4.78, 5) is 12.4. The summed E-state index contributed by atoms with van der Waals surface area (Å²) in [6.07, 6.45) is 0.879. The van der Waals surface area contributed by atoms with Gasteiger partial charge in [0, 0.05) is 43.3 Å². The summed E-state index contributed by atoms with van der Waals surface area (Å²) in [5.41, 5.74) is 2.85. The Labute approximate surface area is 224 Å². The number of aryl methyl sites for hydroxylation is 1. The molecule has 1 aliphatic heterocycles. The van der Waals surface area contributed by atoms with Crippen LogP contribution in [-0.2, 0) is 16.4 Å². The van der Waals surface area contributed by atoms with E-state index in [0.717, 1.165) is 40.1 Å². The van der Waals surface area contributed by atoms with E-state index >= 15 is 0 Å². The van der Waals surface area contributed by atoms with Crippen LogP contribution in [0.5, 0.6) is 5.75 Å². The summed E-state index contributed by atoms with van der Waals surface area (Å²) >= 11 is 0. The van der Waals surface area contributed by atoms with E-state index in [2.05, 4.69) is 24.1 Å². The molecule has 8 nitrogen and oxygen atoms in total. The van der Waals surface area contributed by atoms with Crippen LogP contribution in [0, 0.1) is 0 Å². The van der Waals surface area contributed by atoms with Crippen LogP contribution in [0.15, 0.2) is 77.7 Å². The van der Waals surface area contributed by atoms with Crippen LogP contribution in [0.1, 0.15) is 31.3 Å². The van der Waals surface area contributed by atoms with Crippen LogP contribution < -0.4 is 10.1 Å². The predicted molar refractivity (Wildman–Crippen MR) is 150 cm³/mol. The van der Waals surface area contributed by atoms with Gasteiger partial charge >= 0.3 is 0 Å². The molecular formula is C29H33N5O3S. The number of benzene rings is 3. The van der Waals surface area contributed by atoms with Crippen molar-refractivity contribution in [1.82, 2.24) is 19.2 Å². The monoisotopic (exact) mass is 531 g/mol. The van der Waals surface area contributed by atoms with Gasteiger partial charge in [-0.1, -0.05) is 37.3 Å². The van der Waals surface area contributed by atoms with Crippen LogP contribution >= 0.6 is 0 Å². The van der Waals surface area contributed by atoms with Crippen LogP contribution in [0.4, 0.5) is 11.5 Å². The second-order valence-electron chi connectivity index (χ2n) is 9.42. The molecule has 3 aromatic carbocycles. The number of nitrogens with one attached hydrogen (secondary N) is 1. The van der Waals surface area contributed by atoms with E-state index in [4.69, 9.17) is 14.7 Å². The molecule has 1 aromatic heterocycles. The zero-order valence-electron chi connectivity index (χ0n) is 22.0. The third kappa shape index (κ3) is 5.36. The van der Waals surface area contributed by atoms with Gasteiger partial charge in [-0.25, -0.2) is 18.4 Å². The summed E-state index contributed by atoms with van der Waals surface area (Å²) in [6.45, 7) is 6.17. The average Bonchev–Trinajstić information content (AvgIpc) is 2.97. The minimum atomic E-state index is -3.52. The van der Waals surface area contributed by atoms with Gasteiger partial charge in [-0.05, 0) is 55.3 Å². The first-order valence-electron chi connectivity index (χ1n) is 12.9. The van der Waals surface area contributed by atoms with E-state index in [1.165, 1.54) is 0 Å². The zero-order valence-corrected chi connectivity index (χ0v) is 22.8. The number of rotatable bonds is 8. The molecule has 1 saturated heterocycles. The van der Waals surface area contributed by atoms with E-state index in [1.807, 2.05) is 60.7 Å². The molecule has 0 unspecified atom stereocenters. The Kier molecular flexibility index (Phi) is 7.60. The van der Waals surface area contributed by atoms with E-state index in [0.29, 0.717) is 36.9 Å². The molecule has 0 radical (unpaired) electrons. The van der Waals surface area contributed by atoms with Gasteiger partial charge in [0.1, 0.15) is 17.4 Å². The van der Waals surface area contributed by atoms with Gasteiger partial charge in [-0.2, -0.15) is 4.31 Å². The molecule has 5 rings (SSSR count). The van der Waals surface area contributed by atoms with E-state index in [1.54, 1.807) is 23.5 Å². The number of aromatic nitrogens is 2. The number of anilines is 2. The number of sulfonamides is 1. The van der Waals surface area contributed by atoms with Crippen molar-refractivity contribution < 1.29 is 13.2 Å². The molecule has 2 heterocycles. The first kappa shape index (κ1) is 26.1. The normalized spacial score (nSPS) is 15.9. The van der Waals surface area contributed by atoms with Gasteiger partial charge in [0.25, 0.3) is 0 Å². The SMILES string of the molecule is CCc1ccc(S(=O)(=O)N2CCN([C@@H](C)c3nc(Nc4cccc(OC)c4)c4ccccc4n3)CC2)cc1. The number of hydrogen-bond donors (Lipinski definition) is 1. The molecule has 1 N–H and O–H groups in total. The Morgan fingerprint density at radius 1 is 0.947 bits per heavy atom. The molecule has 0 aliphatic carbocycles. The van der Waals surface area contributed by atoms with E-state index in [-0.39, 0.29) is 6.04 Å². The Bertz CT molecular complexity index is 1520. The van der Waals surface area contributed by atoms with E-state index < -0.39 is 10.0 Å². The number of ether oxygens (including phenoxy) is 1. The summed E-state index contributed by atoms with van der Waals surface area (Å²) in [5, 5.41) is 4.36. The molecule has 1 fully saturated rings. The lowest BCUT2D eigenvalue weighted by Gasteiger charge is -2.36. The fraction of sp³-hybridized carbons (Fsp3) is 0.310. The molecule has 4 aromatic rings. The number of hydrogen-bond acceptors (Lipinski definition) is 7. The molecule has 1 atom stereocenters.